The summed E-state index contributed by atoms with van der Waals surface area (Å²) >= 11 is 0. The largest absolute Gasteiger partial charge is 0.360 e. The van der Waals surface area contributed by atoms with Gasteiger partial charge in [-0.25, -0.2) is 0 Å². The molecule has 0 aliphatic carbocycles. The van der Waals surface area contributed by atoms with Crippen molar-refractivity contribution in [2.45, 2.75) is 24.9 Å². The summed E-state index contributed by atoms with van der Waals surface area (Å²) in [7, 11) is 0. The average Bonchev–Trinajstić information content (AvgIpc) is 3.38. The molecule has 4 heterocycles. The predicted octanol–water partition coefficient (Wildman–Crippen LogP) is 1.72. The van der Waals surface area contributed by atoms with Gasteiger partial charge in [-0.1, -0.05) is 24.3 Å². The third-order valence-electron chi connectivity index (χ3n) is 6.79. The van der Waals surface area contributed by atoms with Crippen LogP contribution in [-0.4, -0.2) is 70.0 Å². The number of nitrogens with zero attached hydrogens (tertiary/aromatic N) is 3. The Kier molecular flexibility index (Phi) is 5.63. The van der Waals surface area contributed by atoms with Crippen LogP contribution in [0.15, 0.2) is 55.0 Å². The summed E-state index contributed by atoms with van der Waals surface area (Å²) in [6, 6.07) is 11.8. The van der Waals surface area contributed by atoms with E-state index in [9.17, 15) is 9.59 Å². The van der Waals surface area contributed by atoms with Crippen molar-refractivity contribution in [2.75, 3.05) is 32.8 Å². The number of carbonyl (C=O) groups is 2. The lowest BCUT2D eigenvalue weighted by molar-refractivity contribution is -0.129. The van der Waals surface area contributed by atoms with Crippen molar-refractivity contribution in [3.8, 4) is 0 Å². The number of para-hydroxylation sites is 1. The second-order valence-corrected chi connectivity index (χ2v) is 8.60. The number of hydrogen-bond donors (Lipinski definition) is 3. The summed E-state index contributed by atoms with van der Waals surface area (Å²) in [4.78, 5) is 37.3. The van der Waals surface area contributed by atoms with E-state index in [0.717, 1.165) is 48.9 Å². The van der Waals surface area contributed by atoms with Gasteiger partial charge in [0.2, 0.25) is 5.91 Å². The Bertz CT molecular complexity index is 1100. The van der Waals surface area contributed by atoms with Crippen LogP contribution in [0.25, 0.3) is 10.9 Å². The number of rotatable bonds is 6. The lowest BCUT2D eigenvalue weighted by atomic mass is 9.86. The van der Waals surface area contributed by atoms with E-state index >= 15 is 0 Å². The van der Waals surface area contributed by atoms with Gasteiger partial charge in [0.05, 0.1) is 12.2 Å². The van der Waals surface area contributed by atoms with Crippen molar-refractivity contribution >= 4 is 22.7 Å². The van der Waals surface area contributed by atoms with E-state index in [1.807, 2.05) is 36.5 Å². The first-order valence-electron chi connectivity index (χ1n) is 11.1. The smallest absolute Gasteiger partial charge is 0.253 e. The zero-order valence-corrected chi connectivity index (χ0v) is 18.0. The first kappa shape index (κ1) is 20.7. The molecule has 0 unspecified atom stereocenters. The number of aromatic nitrogens is 2. The van der Waals surface area contributed by atoms with Crippen LogP contribution in [0.5, 0.6) is 0 Å². The number of likely N-dealkylation sites (tertiary alicyclic amines) is 1. The Hall–Kier alpha value is -3.23. The SMILES string of the molecule is O=C(NCCN1CCC2(CC1)C(=O)NCN2Cc1cccnc1)c1c[nH]c2ccccc12. The Morgan fingerprint density at radius 1 is 1.16 bits per heavy atom. The van der Waals surface area contributed by atoms with E-state index in [1.54, 1.807) is 12.4 Å². The molecule has 166 valence electrons. The number of aromatic amines is 1. The van der Waals surface area contributed by atoms with Crippen molar-refractivity contribution in [3.05, 3.63) is 66.1 Å². The molecule has 0 bridgehead atoms. The summed E-state index contributed by atoms with van der Waals surface area (Å²) in [5.41, 5.74) is 2.31. The highest BCUT2D eigenvalue weighted by Gasteiger charge is 2.49. The topological polar surface area (TPSA) is 93.4 Å². The van der Waals surface area contributed by atoms with Crippen LogP contribution >= 0.6 is 0 Å². The van der Waals surface area contributed by atoms with Gasteiger partial charge in [-0.15, -0.1) is 0 Å². The average molecular weight is 433 g/mol. The van der Waals surface area contributed by atoms with Crippen LogP contribution in [0.2, 0.25) is 0 Å². The fraction of sp³-hybridized carbons (Fsp3) is 0.375. The number of nitrogens with one attached hydrogen (secondary N) is 3. The summed E-state index contributed by atoms with van der Waals surface area (Å²) in [6.45, 7) is 4.31. The van der Waals surface area contributed by atoms with E-state index in [1.165, 1.54) is 0 Å². The number of benzene rings is 1. The number of H-pyrrole nitrogens is 1. The number of amides is 2. The molecule has 8 nitrogen and oxygen atoms in total. The van der Waals surface area contributed by atoms with Gasteiger partial charge in [-0.3, -0.25) is 19.5 Å². The Labute approximate surface area is 187 Å². The third kappa shape index (κ3) is 3.87. The minimum Gasteiger partial charge on any atom is -0.360 e. The minimum atomic E-state index is -0.445. The maximum atomic E-state index is 12.8. The molecular formula is C24H28N6O2. The molecule has 5 rings (SSSR count). The molecule has 0 atom stereocenters. The molecule has 2 aliphatic rings. The van der Waals surface area contributed by atoms with E-state index in [4.69, 9.17) is 0 Å². The van der Waals surface area contributed by atoms with Crippen LogP contribution in [0.3, 0.4) is 0 Å². The first-order chi connectivity index (χ1) is 15.7. The van der Waals surface area contributed by atoms with Gasteiger partial charge in [-0.05, 0) is 30.5 Å². The van der Waals surface area contributed by atoms with E-state index in [0.29, 0.717) is 25.3 Å². The number of pyridine rings is 1. The highest BCUT2D eigenvalue weighted by molar-refractivity contribution is 6.06. The fourth-order valence-corrected chi connectivity index (χ4v) is 4.92. The lowest BCUT2D eigenvalue weighted by Crippen LogP contribution is -2.56. The quantitative estimate of drug-likeness (QED) is 0.552. The Morgan fingerprint density at radius 3 is 2.81 bits per heavy atom. The summed E-state index contributed by atoms with van der Waals surface area (Å²) in [5.74, 6) is 0.0717. The molecule has 0 radical (unpaired) electrons. The molecule has 3 aromatic rings. The molecular weight excluding hydrogens is 404 g/mol. The first-order valence-corrected chi connectivity index (χ1v) is 11.1. The third-order valence-corrected chi connectivity index (χ3v) is 6.79. The van der Waals surface area contributed by atoms with E-state index in [2.05, 4.69) is 36.5 Å². The molecule has 2 saturated heterocycles. The molecule has 2 fully saturated rings. The zero-order chi connectivity index (χ0) is 22.0. The van der Waals surface area contributed by atoms with Crippen molar-refractivity contribution in [3.63, 3.8) is 0 Å². The van der Waals surface area contributed by atoms with Crippen molar-refractivity contribution in [1.82, 2.24) is 30.4 Å². The summed E-state index contributed by atoms with van der Waals surface area (Å²) in [6.07, 6.45) is 6.97. The standard InChI is InChI=1S/C24H28N6O2/c31-22(20-15-27-21-6-2-1-5-19(20)21)26-10-13-29-11-7-24(8-12-29)23(32)28-17-30(24)16-18-4-3-9-25-14-18/h1-6,9,14-15,27H,7-8,10-13,16-17H2,(H,26,31)(H,28,32). The minimum absolute atomic E-state index is 0.0613. The maximum absolute atomic E-state index is 12.8. The molecule has 2 aromatic heterocycles. The molecule has 1 spiro atoms. The van der Waals surface area contributed by atoms with Crippen molar-refractivity contribution < 1.29 is 9.59 Å². The Morgan fingerprint density at radius 2 is 2.00 bits per heavy atom. The van der Waals surface area contributed by atoms with Gasteiger partial charge in [0.15, 0.2) is 0 Å². The lowest BCUT2D eigenvalue weighted by Gasteiger charge is -2.42. The molecule has 3 N–H and O–H groups in total. The monoisotopic (exact) mass is 432 g/mol. The van der Waals surface area contributed by atoms with Gasteiger partial charge in [0.1, 0.15) is 5.54 Å². The highest BCUT2D eigenvalue weighted by Crippen LogP contribution is 2.33. The molecule has 1 aromatic carbocycles. The number of hydrogen-bond acceptors (Lipinski definition) is 5. The van der Waals surface area contributed by atoms with Gasteiger partial charge >= 0.3 is 0 Å². The van der Waals surface area contributed by atoms with E-state index in [-0.39, 0.29) is 11.8 Å². The highest BCUT2D eigenvalue weighted by atomic mass is 16.2. The second-order valence-electron chi connectivity index (χ2n) is 8.60. The van der Waals surface area contributed by atoms with Crippen molar-refractivity contribution in [1.29, 1.82) is 0 Å². The van der Waals surface area contributed by atoms with Gasteiger partial charge < -0.3 is 20.5 Å². The molecule has 2 amide bonds. The number of piperidine rings is 1. The summed E-state index contributed by atoms with van der Waals surface area (Å²) < 4.78 is 0. The Balaban J connectivity index is 1.14. The molecule has 8 heteroatoms. The molecule has 0 saturated carbocycles. The van der Waals surface area contributed by atoms with Gasteiger partial charge in [-0.2, -0.15) is 0 Å². The van der Waals surface area contributed by atoms with Gasteiger partial charge in [0.25, 0.3) is 5.91 Å². The van der Waals surface area contributed by atoms with Crippen molar-refractivity contribution in [2.24, 2.45) is 0 Å². The van der Waals surface area contributed by atoms with Crippen LogP contribution in [-0.2, 0) is 11.3 Å². The van der Waals surface area contributed by atoms with Gasteiger partial charge in [0, 0.05) is 62.2 Å². The fourth-order valence-electron chi connectivity index (χ4n) is 4.92. The molecule has 32 heavy (non-hydrogen) atoms. The zero-order valence-electron chi connectivity index (χ0n) is 18.0. The van der Waals surface area contributed by atoms with Crippen LogP contribution < -0.4 is 10.6 Å². The normalized spacial score (nSPS) is 18.8. The van der Waals surface area contributed by atoms with E-state index < -0.39 is 5.54 Å². The number of fused-ring (bicyclic) bond motifs is 1. The van der Waals surface area contributed by atoms with Crippen LogP contribution in [0, 0.1) is 0 Å². The maximum Gasteiger partial charge on any atom is 0.253 e. The predicted molar refractivity (Wildman–Crippen MR) is 122 cm³/mol. The number of carbonyl (C=O) groups excluding carboxylic acids is 2. The molecule has 2 aliphatic heterocycles. The second kappa shape index (κ2) is 8.72. The van der Waals surface area contributed by atoms with Crippen LogP contribution in [0.4, 0.5) is 0 Å². The summed E-state index contributed by atoms with van der Waals surface area (Å²) in [5, 5.41) is 7.02. The van der Waals surface area contributed by atoms with Crippen LogP contribution in [0.1, 0.15) is 28.8 Å².